The number of fused-ring (bicyclic) bond motifs is 1. The van der Waals surface area contributed by atoms with Crippen LogP contribution >= 0.6 is 11.3 Å². The molecule has 2 aromatic heterocycles. The predicted molar refractivity (Wildman–Crippen MR) is 108 cm³/mol. The van der Waals surface area contributed by atoms with E-state index in [-0.39, 0.29) is 18.1 Å². The van der Waals surface area contributed by atoms with E-state index in [1.54, 1.807) is 17.7 Å². The molecule has 0 atom stereocenters. The third-order valence-electron chi connectivity index (χ3n) is 4.00. The molecule has 0 radical (unpaired) electrons. The number of hydrogen-bond acceptors (Lipinski definition) is 7. The maximum absolute atomic E-state index is 12.6. The lowest BCUT2D eigenvalue weighted by atomic mass is 10.1. The van der Waals surface area contributed by atoms with E-state index >= 15 is 0 Å². The van der Waals surface area contributed by atoms with E-state index in [2.05, 4.69) is 22.9 Å². The fourth-order valence-electron chi connectivity index (χ4n) is 2.72. The molecule has 1 aromatic carbocycles. The number of nitriles is 1. The van der Waals surface area contributed by atoms with E-state index in [0.717, 1.165) is 10.9 Å². The van der Waals surface area contributed by atoms with Crippen molar-refractivity contribution < 1.29 is 14.3 Å². The first kappa shape index (κ1) is 19.3. The standard InChI is InChI=1S/C20H18N4O3S/c1-2-9-22-20-23-16(13-28-20)19(26)27-12-18(25)15-11-24(10-5-8-21)17-7-4-3-6-14(15)17/h2-4,6-7,11,13H,1,5,9-10,12H2,(H,22,23). The first-order valence-corrected chi connectivity index (χ1v) is 9.47. The second kappa shape index (κ2) is 8.97. The van der Waals surface area contributed by atoms with Crippen LogP contribution in [0.4, 0.5) is 5.13 Å². The Bertz CT molecular complexity index is 1060. The molecule has 0 spiro atoms. The Hall–Kier alpha value is -3.44. The van der Waals surface area contributed by atoms with Crippen LogP contribution in [0.15, 0.2) is 48.5 Å². The number of nitrogens with one attached hydrogen (secondary N) is 1. The van der Waals surface area contributed by atoms with Crippen molar-refractivity contribution in [2.24, 2.45) is 0 Å². The van der Waals surface area contributed by atoms with Gasteiger partial charge in [-0.2, -0.15) is 5.26 Å². The number of carbonyl (C=O) groups is 2. The van der Waals surface area contributed by atoms with E-state index in [0.29, 0.717) is 30.2 Å². The number of ketones is 1. The molecule has 1 N–H and O–H groups in total. The number of carbonyl (C=O) groups excluding carboxylic acids is 2. The summed E-state index contributed by atoms with van der Waals surface area (Å²) in [5, 5.41) is 14.7. The summed E-state index contributed by atoms with van der Waals surface area (Å²) in [4.78, 5) is 28.9. The molecular formula is C20H18N4O3S. The molecule has 3 rings (SSSR count). The molecule has 0 bridgehead atoms. The zero-order chi connectivity index (χ0) is 19.9. The van der Waals surface area contributed by atoms with E-state index in [4.69, 9.17) is 10.00 Å². The smallest absolute Gasteiger partial charge is 0.358 e. The average Bonchev–Trinajstić information content (AvgIpc) is 3.34. The van der Waals surface area contributed by atoms with E-state index in [1.165, 1.54) is 11.3 Å². The summed E-state index contributed by atoms with van der Waals surface area (Å²) < 4.78 is 7.01. The van der Waals surface area contributed by atoms with Gasteiger partial charge in [0.05, 0.1) is 12.5 Å². The van der Waals surface area contributed by atoms with E-state index in [9.17, 15) is 9.59 Å². The Balaban J connectivity index is 1.69. The van der Waals surface area contributed by atoms with Crippen molar-refractivity contribution in [1.82, 2.24) is 9.55 Å². The summed E-state index contributed by atoms with van der Waals surface area (Å²) >= 11 is 1.28. The van der Waals surface area contributed by atoms with Crippen LogP contribution in [0.25, 0.3) is 10.9 Å². The van der Waals surface area contributed by atoms with Gasteiger partial charge in [-0.1, -0.05) is 24.3 Å². The van der Waals surface area contributed by atoms with Crippen molar-refractivity contribution in [2.45, 2.75) is 13.0 Å². The van der Waals surface area contributed by atoms with Crippen LogP contribution in [-0.4, -0.2) is 34.5 Å². The second-order valence-electron chi connectivity index (χ2n) is 5.87. The SMILES string of the molecule is C=CCNc1nc(C(=O)OCC(=O)c2cn(CCC#N)c3ccccc23)cs1. The van der Waals surface area contributed by atoms with Crippen LogP contribution in [0.2, 0.25) is 0 Å². The quantitative estimate of drug-likeness (QED) is 0.338. The minimum absolute atomic E-state index is 0.154. The minimum atomic E-state index is -0.649. The predicted octanol–water partition coefficient (Wildman–Crippen LogP) is 3.65. The molecular weight excluding hydrogens is 376 g/mol. The molecule has 0 unspecified atom stereocenters. The molecule has 3 aromatic rings. The van der Waals surface area contributed by atoms with Gasteiger partial charge in [0.2, 0.25) is 5.78 Å². The number of hydrogen-bond donors (Lipinski definition) is 1. The number of ether oxygens (including phenoxy) is 1. The van der Waals surface area contributed by atoms with Gasteiger partial charge in [-0.25, -0.2) is 9.78 Å². The fourth-order valence-corrected chi connectivity index (χ4v) is 3.41. The summed E-state index contributed by atoms with van der Waals surface area (Å²) in [7, 11) is 0. The van der Waals surface area contributed by atoms with Gasteiger partial charge < -0.3 is 14.6 Å². The molecule has 28 heavy (non-hydrogen) atoms. The van der Waals surface area contributed by atoms with E-state index in [1.807, 2.05) is 28.8 Å². The summed E-state index contributed by atoms with van der Waals surface area (Å²) in [6.45, 7) is 4.25. The summed E-state index contributed by atoms with van der Waals surface area (Å²) in [6, 6.07) is 9.55. The monoisotopic (exact) mass is 394 g/mol. The lowest BCUT2D eigenvalue weighted by Gasteiger charge is -2.02. The largest absolute Gasteiger partial charge is 0.453 e. The Kier molecular flexibility index (Phi) is 6.19. The van der Waals surface area contributed by atoms with Gasteiger partial charge in [-0.3, -0.25) is 4.79 Å². The first-order valence-electron chi connectivity index (χ1n) is 8.59. The highest BCUT2D eigenvalue weighted by Crippen LogP contribution is 2.22. The van der Waals surface area contributed by atoms with Crippen molar-refractivity contribution in [3.63, 3.8) is 0 Å². The highest BCUT2D eigenvalue weighted by molar-refractivity contribution is 7.13. The highest BCUT2D eigenvalue weighted by Gasteiger charge is 2.18. The summed E-state index contributed by atoms with van der Waals surface area (Å²) in [6.07, 6.45) is 3.73. The molecule has 0 amide bonds. The Labute approximate surface area is 165 Å². The molecule has 0 aliphatic heterocycles. The van der Waals surface area contributed by atoms with E-state index < -0.39 is 5.97 Å². The molecule has 0 aliphatic rings. The van der Waals surface area contributed by atoms with Crippen molar-refractivity contribution in [3.05, 3.63) is 59.8 Å². The Morgan fingerprint density at radius 2 is 2.21 bits per heavy atom. The second-order valence-corrected chi connectivity index (χ2v) is 6.73. The molecule has 8 heteroatoms. The molecule has 2 heterocycles. The summed E-state index contributed by atoms with van der Waals surface area (Å²) in [5.74, 6) is -0.954. The zero-order valence-corrected chi connectivity index (χ0v) is 15.9. The van der Waals surface area contributed by atoms with Crippen molar-refractivity contribution in [3.8, 4) is 6.07 Å². The number of thiazole rings is 1. The van der Waals surface area contributed by atoms with Crippen LogP contribution in [-0.2, 0) is 11.3 Å². The number of aryl methyl sites for hydroxylation is 1. The van der Waals surface area contributed by atoms with Gasteiger partial charge in [0, 0.05) is 41.1 Å². The zero-order valence-electron chi connectivity index (χ0n) is 15.1. The number of anilines is 1. The van der Waals surface area contributed by atoms with Gasteiger partial charge in [0.15, 0.2) is 17.4 Å². The Morgan fingerprint density at radius 3 is 3.00 bits per heavy atom. The van der Waals surface area contributed by atoms with Crippen LogP contribution in [0.5, 0.6) is 0 Å². The number of benzene rings is 1. The lowest BCUT2D eigenvalue weighted by molar-refractivity contribution is 0.0470. The Morgan fingerprint density at radius 1 is 1.39 bits per heavy atom. The average molecular weight is 394 g/mol. The van der Waals surface area contributed by atoms with Gasteiger partial charge in [0.25, 0.3) is 0 Å². The molecule has 0 aliphatic carbocycles. The number of Topliss-reactive ketones (excluding diaryl/α,β-unsaturated/α-hetero) is 1. The number of esters is 1. The molecule has 0 saturated carbocycles. The van der Waals surface area contributed by atoms with Gasteiger partial charge >= 0.3 is 5.97 Å². The van der Waals surface area contributed by atoms with Crippen molar-refractivity contribution in [2.75, 3.05) is 18.5 Å². The maximum atomic E-state index is 12.6. The molecule has 142 valence electrons. The normalized spacial score (nSPS) is 10.4. The number of nitrogens with zero attached hydrogens (tertiary/aromatic N) is 3. The topological polar surface area (TPSA) is 97.0 Å². The van der Waals surface area contributed by atoms with Gasteiger partial charge in [0.1, 0.15) is 0 Å². The van der Waals surface area contributed by atoms with Crippen LogP contribution < -0.4 is 5.32 Å². The fraction of sp³-hybridized carbons (Fsp3) is 0.200. The third kappa shape index (κ3) is 4.27. The highest BCUT2D eigenvalue weighted by atomic mass is 32.1. The van der Waals surface area contributed by atoms with Crippen LogP contribution in [0.3, 0.4) is 0 Å². The van der Waals surface area contributed by atoms with Gasteiger partial charge in [-0.05, 0) is 6.07 Å². The third-order valence-corrected chi connectivity index (χ3v) is 4.80. The molecule has 0 fully saturated rings. The van der Waals surface area contributed by atoms with Gasteiger partial charge in [-0.15, -0.1) is 17.9 Å². The van der Waals surface area contributed by atoms with Crippen molar-refractivity contribution >= 4 is 39.1 Å². The number of aromatic nitrogens is 2. The lowest BCUT2D eigenvalue weighted by Crippen LogP contribution is -2.14. The summed E-state index contributed by atoms with van der Waals surface area (Å²) in [5.41, 5.74) is 1.48. The molecule has 0 saturated heterocycles. The first-order chi connectivity index (χ1) is 13.6. The van der Waals surface area contributed by atoms with Crippen LogP contribution in [0, 0.1) is 11.3 Å². The number of para-hydroxylation sites is 1. The number of rotatable bonds is 9. The molecule has 7 nitrogen and oxygen atoms in total. The van der Waals surface area contributed by atoms with Crippen LogP contribution in [0.1, 0.15) is 27.3 Å². The van der Waals surface area contributed by atoms with Crippen molar-refractivity contribution in [1.29, 1.82) is 5.26 Å². The maximum Gasteiger partial charge on any atom is 0.358 e. The minimum Gasteiger partial charge on any atom is -0.453 e.